The predicted octanol–water partition coefficient (Wildman–Crippen LogP) is 2.59. The fraction of sp³-hybridized carbons (Fsp3) is 0.273. The van der Waals surface area contributed by atoms with Crippen LogP contribution in [-0.4, -0.2) is 42.0 Å². The van der Waals surface area contributed by atoms with Crippen LogP contribution >= 0.6 is 0 Å². The molecule has 2 heterocycles. The van der Waals surface area contributed by atoms with Crippen LogP contribution in [0, 0.1) is 5.92 Å². The van der Waals surface area contributed by atoms with E-state index in [-0.39, 0.29) is 11.8 Å². The number of nitrogens with zero attached hydrogens (tertiary/aromatic N) is 3. The minimum Gasteiger partial charge on any atom is -0.478 e. The summed E-state index contributed by atoms with van der Waals surface area (Å²) in [5, 5.41) is 2.92. The third-order valence-electron chi connectivity index (χ3n) is 5.24. The molecule has 2 amide bonds. The lowest BCUT2D eigenvalue weighted by molar-refractivity contribution is -0.120. The van der Waals surface area contributed by atoms with Gasteiger partial charge in [-0.3, -0.25) is 9.59 Å². The van der Waals surface area contributed by atoms with Gasteiger partial charge in [-0.05, 0) is 49.2 Å². The second-order valence-corrected chi connectivity index (χ2v) is 7.26. The molecule has 0 radical (unpaired) electrons. The first-order valence-electron chi connectivity index (χ1n) is 9.81. The molecule has 4 rings (SSSR count). The van der Waals surface area contributed by atoms with Crippen LogP contribution < -0.4 is 20.7 Å². The number of hydrogen-bond acceptors (Lipinski definition) is 6. The van der Waals surface area contributed by atoms with Crippen LogP contribution in [0.1, 0.15) is 23.2 Å². The van der Waals surface area contributed by atoms with Crippen molar-refractivity contribution >= 4 is 34.4 Å². The van der Waals surface area contributed by atoms with Gasteiger partial charge in [0.05, 0.1) is 24.1 Å². The highest BCUT2D eigenvalue weighted by Crippen LogP contribution is 2.30. The summed E-state index contributed by atoms with van der Waals surface area (Å²) in [5.74, 6) is 0.337. The Morgan fingerprint density at radius 1 is 1.10 bits per heavy atom. The smallest absolute Gasteiger partial charge is 0.257 e. The maximum atomic E-state index is 12.8. The molecule has 1 atom stereocenters. The van der Waals surface area contributed by atoms with E-state index in [0.717, 1.165) is 30.4 Å². The molecule has 2 aromatic carbocycles. The summed E-state index contributed by atoms with van der Waals surface area (Å²) >= 11 is 0. The zero-order valence-corrected chi connectivity index (χ0v) is 16.7. The maximum Gasteiger partial charge on any atom is 0.257 e. The van der Waals surface area contributed by atoms with E-state index in [1.807, 2.05) is 24.3 Å². The number of nitrogens with one attached hydrogen (secondary N) is 1. The van der Waals surface area contributed by atoms with Gasteiger partial charge < -0.3 is 20.7 Å². The Balaban J connectivity index is 1.51. The average Bonchev–Trinajstić information content (AvgIpc) is 2.78. The summed E-state index contributed by atoms with van der Waals surface area (Å²) in [6.45, 7) is 1.30. The van der Waals surface area contributed by atoms with Crippen molar-refractivity contribution in [2.24, 2.45) is 11.7 Å². The number of amides is 2. The predicted molar refractivity (Wildman–Crippen MR) is 115 cm³/mol. The average molecular weight is 405 g/mol. The molecule has 3 aromatic rings. The van der Waals surface area contributed by atoms with Gasteiger partial charge in [0, 0.05) is 24.3 Å². The first kappa shape index (κ1) is 19.6. The number of primary amides is 1. The molecule has 1 aliphatic heterocycles. The summed E-state index contributed by atoms with van der Waals surface area (Å²) < 4.78 is 5.47. The van der Waals surface area contributed by atoms with Gasteiger partial charge in [-0.15, -0.1) is 0 Å². The number of para-hydroxylation sites is 2. The second kappa shape index (κ2) is 8.36. The molecule has 1 aliphatic rings. The highest BCUT2D eigenvalue weighted by molar-refractivity contribution is 5.95. The van der Waals surface area contributed by atoms with E-state index >= 15 is 0 Å². The Hall–Kier alpha value is -3.68. The van der Waals surface area contributed by atoms with Crippen LogP contribution in [0.4, 0.5) is 11.5 Å². The van der Waals surface area contributed by atoms with E-state index in [4.69, 9.17) is 15.5 Å². The topological polar surface area (TPSA) is 110 Å². The Morgan fingerprint density at radius 3 is 2.47 bits per heavy atom. The van der Waals surface area contributed by atoms with Gasteiger partial charge in [-0.25, -0.2) is 9.97 Å². The third kappa shape index (κ3) is 4.03. The highest BCUT2D eigenvalue weighted by atomic mass is 16.5. The van der Waals surface area contributed by atoms with Crippen molar-refractivity contribution in [3.8, 4) is 5.88 Å². The van der Waals surface area contributed by atoms with E-state index < -0.39 is 5.91 Å². The number of rotatable bonds is 5. The number of benzene rings is 2. The molecule has 0 bridgehead atoms. The van der Waals surface area contributed by atoms with Crippen molar-refractivity contribution < 1.29 is 14.3 Å². The van der Waals surface area contributed by atoms with E-state index in [0.29, 0.717) is 29.5 Å². The van der Waals surface area contributed by atoms with Crippen molar-refractivity contribution in [1.29, 1.82) is 0 Å². The van der Waals surface area contributed by atoms with Crippen molar-refractivity contribution in [2.45, 2.75) is 12.8 Å². The second-order valence-electron chi connectivity index (χ2n) is 7.26. The molecule has 154 valence electrons. The van der Waals surface area contributed by atoms with Crippen LogP contribution in [0.25, 0.3) is 11.0 Å². The molecular formula is C22H23N5O3. The Morgan fingerprint density at radius 2 is 1.80 bits per heavy atom. The molecule has 0 saturated carbocycles. The molecule has 8 nitrogen and oxygen atoms in total. The molecule has 8 heteroatoms. The summed E-state index contributed by atoms with van der Waals surface area (Å²) in [5.41, 5.74) is 7.84. The molecule has 3 N–H and O–H groups in total. The number of carbonyl (C=O) groups excluding carboxylic acids is 2. The van der Waals surface area contributed by atoms with Gasteiger partial charge >= 0.3 is 0 Å². The Labute approximate surface area is 174 Å². The van der Waals surface area contributed by atoms with Crippen molar-refractivity contribution in [2.75, 3.05) is 30.4 Å². The Bertz CT molecular complexity index is 1080. The standard InChI is InChI=1S/C22H23N5O3/c1-30-22-20(25-17-6-2-3-7-18(17)26-22)27-12-4-5-15(13-27)21(29)24-16-10-8-14(9-11-16)19(23)28/h2-3,6-11,15H,4-5,12-13H2,1H3,(H2,23,28)(H,24,29)/t15-/m0/s1. The third-order valence-corrected chi connectivity index (χ3v) is 5.24. The zero-order chi connectivity index (χ0) is 21.1. The molecule has 0 aliphatic carbocycles. The molecule has 0 spiro atoms. The van der Waals surface area contributed by atoms with Crippen molar-refractivity contribution in [1.82, 2.24) is 9.97 Å². The van der Waals surface area contributed by atoms with E-state index in [2.05, 4.69) is 15.2 Å². The fourth-order valence-corrected chi connectivity index (χ4v) is 3.66. The van der Waals surface area contributed by atoms with E-state index in [9.17, 15) is 9.59 Å². The number of hydrogen-bond donors (Lipinski definition) is 2. The molecule has 1 aromatic heterocycles. The lowest BCUT2D eigenvalue weighted by Crippen LogP contribution is -2.41. The summed E-state index contributed by atoms with van der Waals surface area (Å²) in [6, 6.07) is 14.2. The lowest BCUT2D eigenvalue weighted by Gasteiger charge is -2.33. The molecule has 30 heavy (non-hydrogen) atoms. The number of anilines is 2. The molecular weight excluding hydrogens is 382 g/mol. The monoisotopic (exact) mass is 405 g/mol. The molecule has 1 saturated heterocycles. The fourth-order valence-electron chi connectivity index (χ4n) is 3.66. The van der Waals surface area contributed by atoms with Gasteiger partial charge in [0.15, 0.2) is 5.82 Å². The van der Waals surface area contributed by atoms with Crippen LogP contribution in [-0.2, 0) is 4.79 Å². The maximum absolute atomic E-state index is 12.8. The summed E-state index contributed by atoms with van der Waals surface area (Å²) in [7, 11) is 1.58. The van der Waals surface area contributed by atoms with Crippen molar-refractivity contribution in [3.63, 3.8) is 0 Å². The number of methoxy groups -OCH3 is 1. The molecule has 0 unspecified atom stereocenters. The highest BCUT2D eigenvalue weighted by Gasteiger charge is 2.29. The van der Waals surface area contributed by atoms with Crippen molar-refractivity contribution in [3.05, 3.63) is 54.1 Å². The largest absolute Gasteiger partial charge is 0.478 e. The zero-order valence-electron chi connectivity index (χ0n) is 16.7. The quantitative estimate of drug-likeness (QED) is 0.675. The SMILES string of the molecule is COc1nc2ccccc2nc1N1CCC[C@H](C(=O)Nc2ccc(C(N)=O)cc2)C1. The van der Waals surface area contributed by atoms with Gasteiger partial charge in [0.1, 0.15) is 0 Å². The number of piperidine rings is 1. The van der Waals surface area contributed by atoms with Crippen LogP contribution in [0.3, 0.4) is 0 Å². The van der Waals surface area contributed by atoms with Gasteiger partial charge in [-0.1, -0.05) is 12.1 Å². The number of nitrogens with two attached hydrogens (primary N) is 1. The lowest BCUT2D eigenvalue weighted by atomic mass is 9.97. The number of fused-ring (bicyclic) bond motifs is 1. The van der Waals surface area contributed by atoms with Crippen LogP contribution in [0.2, 0.25) is 0 Å². The van der Waals surface area contributed by atoms with Gasteiger partial charge in [0.2, 0.25) is 11.8 Å². The van der Waals surface area contributed by atoms with Gasteiger partial charge in [-0.2, -0.15) is 0 Å². The normalized spacial score (nSPS) is 16.3. The first-order valence-corrected chi connectivity index (χ1v) is 9.81. The van der Waals surface area contributed by atoms with E-state index in [1.54, 1.807) is 31.4 Å². The van der Waals surface area contributed by atoms with Gasteiger partial charge in [0.25, 0.3) is 5.88 Å². The minimum absolute atomic E-state index is 0.0701. The van der Waals surface area contributed by atoms with Crippen LogP contribution in [0.15, 0.2) is 48.5 Å². The van der Waals surface area contributed by atoms with Crippen LogP contribution in [0.5, 0.6) is 5.88 Å². The molecule has 1 fully saturated rings. The van der Waals surface area contributed by atoms with E-state index in [1.165, 1.54) is 0 Å². The number of aromatic nitrogens is 2. The first-order chi connectivity index (χ1) is 14.5. The Kier molecular flexibility index (Phi) is 5.47. The minimum atomic E-state index is -0.499. The summed E-state index contributed by atoms with van der Waals surface area (Å²) in [4.78, 5) is 35.4. The summed E-state index contributed by atoms with van der Waals surface area (Å²) in [6.07, 6.45) is 1.64. The number of carbonyl (C=O) groups is 2. The number of ether oxygens (including phenoxy) is 1.